The number of rotatable bonds is 5. The lowest BCUT2D eigenvalue weighted by Gasteiger charge is -2.38. The first kappa shape index (κ1) is 21.9. The molecule has 29 heavy (non-hydrogen) atoms. The number of anilines is 2. The summed E-state index contributed by atoms with van der Waals surface area (Å²) in [6.45, 7) is 2.65. The first-order valence-corrected chi connectivity index (χ1v) is 11.2. The van der Waals surface area contributed by atoms with Crippen LogP contribution in [0.4, 0.5) is 24.5 Å². The van der Waals surface area contributed by atoms with Crippen LogP contribution in [0.1, 0.15) is 18.9 Å². The third-order valence-corrected chi connectivity index (χ3v) is 6.99. The van der Waals surface area contributed by atoms with E-state index in [4.69, 9.17) is 0 Å². The highest BCUT2D eigenvalue weighted by Gasteiger charge is 2.35. The first-order valence-electron chi connectivity index (χ1n) is 8.93. The van der Waals surface area contributed by atoms with Crippen molar-refractivity contribution in [1.82, 2.24) is 0 Å². The average Bonchev–Trinajstić information content (AvgIpc) is 2.65. The summed E-state index contributed by atoms with van der Waals surface area (Å²) in [5, 5.41) is 9.56. The molecule has 2 aromatic carbocycles. The SMILES string of the molecule is CC(O)CCN1CCN(S(=O)(=O)c2cccc(C(F)(F)F)c2)c2cc(Br)ccc21. The zero-order chi connectivity index (χ0) is 21.4. The summed E-state index contributed by atoms with van der Waals surface area (Å²) in [5.74, 6) is 0. The summed E-state index contributed by atoms with van der Waals surface area (Å²) in [7, 11) is -4.19. The Morgan fingerprint density at radius 1 is 1.14 bits per heavy atom. The van der Waals surface area contributed by atoms with Gasteiger partial charge >= 0.3 is 6.18 Å². The molecule has 0 bridgehead atoms. The molecule has 0 amide bonds. The lowest BCUT2D eigenvalue weighted by molar-refractivity contribution is -0.137. The van der Waals surface area contributed by atoms with Crippen molar-refractivity contribution in [3.63, 3.8) is 0 Å². The predicted molar refractivity (Wildman–Crippen MR) is 109 cm³/mol. The molecule has 0 radical (unpaired) electrons. The van der Waals surface area contributed by atoms with E-state index in [-0.39, 0.29) is 6.54 Å². The highest BCUT2D eigenvalue weighted by Crippen LogP contribution is 2.39. The minimum Gasteiger partial charge on any atom is -0.393 e. The molecule has 158 valence electrons. The number of aliphatic hydroxyl groups excluding tert-OH is 1. The fourth-order valence-electron chi connectivity index (χ4n) is 3.20. The molecule has 0 fully saturated rings. The summed E-state index contributed by atoms with van der Waals surface area (Å²) < 4.78 is 67.3. The number of benzene rings is 2. The largest absolute Gasteiger partial charge is 0.416 e. The highest BCUT2D eigenvalue weighted by atomic mass is 79.9. The molecule has 0 aliphatic carbocycles. The summed E-state index contributed by atoms with van der Waals surface area (Å²) in [4.78, 5) is 1.56. The number of halogens is 4. The summed E-state index contributed by atoms with van der Waals surface area (Å²) in [6, 6.07) is 8.93. The van der Waals surface area contributed by atoms with Gasteiger partial charge in [0.1, 0.15) is 0 Å². The second-order valence-corrected chi connectivity index (χ2v) is 9.64. The van der Waals surface area contributed by atoms with Gasteiger partial charge in [0.15, 0.2) is 0 Å². The third kappa shape index (κ3) is 4.70. The molecule has 1 atom stereocenters. The lowest BCUT2D eigenvalue weighted by atomic mass is 10.1. The molecule has 1 aliphatic rings. The van der Waals surface area contributed by atoms with Crippen molar-refractivity contribution >= 4 is 37.3 Å². The molecule has 3 rings (SSSR count). The monoisotopic (exact) mass is 492 g/mol. The van der Waals surface area contributed by atoms with Gasteiger partial charge in [0.05, 0.1) is 34.5 Å². The van der Waals surface area contributed by atoms with Gasteiger partial charge in [-0.1, -0.05) is 22.0 Å². The van der Waals surface area contributed by atoms with Crippen LogP contribution in [0.2, 0.25) is 0 Å². The molecule has 0 saturated carbocycles. The van der Waals surface area contributed by atoms with Crippen molar-refractivity contribution in [2.24, 2.45) is 0 Å². The lowest BCUT2D eigenvalue weighted by Crippen LogP contribution is -2.44. The summed E-state index contributed by atoms with van der Waals surface area (Å²) in [5.41, 5.74) is 0.0212. The molecular weight excluding hydrogens is 473 g/mol. The molecule has 2 aromatic rings. The van der Waals surface area contributed by atoms with Crippen LogP contribution in [-0.2, 0) is 16.2 Å². The van der Waals surface area contributed by atoms with Gasteiger partial charge in [-0.15, -0.1) is 0 Å². The Labute approximate surface area is 175 Å². The van der Waals surface area contributed by atoms with Crippen molar-refractivity contribution in [3.8, 4) is 0 Å². The van der Waals surface area contributed by atoms with Crippen LogP contribution in [0, 0.1) is 0 Å². The van der Waals surface area contributed by atoms with Crippen LogP contribution in [-0.4, -0.2) is 39.3 Å². The van der Waals surface area contributed by atoms with Crippen molar-refractivity contribution in [2.45, 2.75) is 30.5 Å². The van der Waals surface area contributed by atoms with Gasteiger partial charge in [0.2, 0.25) is 0 Å². The normalized spacial score (nSPS) is 15.9. The Hall–Kier alpha value is -1.78. The van der Waals surface area contributed by atoms with Gasteiger partial charge in [-0.25, -0.2) is 8.42 Å². The number of hydrogen-bond acceptors (Lipinski definition) is 4. The fourth-order valence-corrected chi connectivity index (χ4v) is 5.06. The minimum absolute atomic E-state index is 0.0852. The zero-order valence-corrected chi connectivity index (χ0v) is 17.9. The number of alkyl halides is 3. The van der Waals surface area contributed by atoms with Crippen LogP contribution in [0.3, 0.4) is 0 Å². The minimum atomic E-state index is -4.63. The Bertz CT molecular complexity index is 996. The number of nitrogens with zero attached hydrogens (tertiary/aromatic N) is 2. The second kappa shape index (κ2) is 8.16. The molecular formula is C19H20BrF3N2O3S. The quantitative estimate of drug-likeness (QED) is 0.677. The molecule has 0 aromatic heterocycles. The van der Waals surface area contributed by atoms with Crippen molar-refractivity contribution in [3.05, 3.63) is 52.5 Å². The molecule has 1 heterocycles. The topological polar surface area (TPSA) is 60.9 Å². The van der Waals surface area contributed by atoms with Crippen molar-refractivity contribution in [2.75, 3.05) is 28.8 Å². The molecule has 0 saturated heterocycles. The van der Waals surface area contributed by atoms with Crippen LogP contribution in [0.5, 0.6) is 0 Å². The number of sulfonamides is 1. The second-order valence-electron chi connectivity index (χ2n) is 6.86. The van der Waals surface area contributed by atoms with E-state index in [2.05, 4.69) is 15.9 Å². The maximum absolute atomic E-state index is 13.2. The van der Waals surface area contributed by atoms with E-state index in [1.807, 2.05) is 4.90 Å². The highest BCUT2D eigenvalue weighted by molar-refractivity contribution is 9.10. The van der Waals surface area contributed by atoms with Crippen molar-refractivity contribution < 1.29 is 26.7 Å². The van der Waals surface area contributed by atoms with Gasteiger partial charge in [-0.05, 0) is 49.7 Å². The van der Waals surface area contributed by atoms with E-state index in [0.717, 1.165) is 16.4 Å². The van der Waals surface area contributed by atoms with E-state index >= 15 is 0 Å². The fraction of sp³-hybridized carbons (Fsp3) is 0.368. The van der Waals surface area contributed by atoms with Crippen molar-refractivity contribution in [1.29, 1.82) is 0 Å². The average molecular weight is 493 g/mol. The van der Waals surface area contributed by atoms with Crippen LogP contribution >= 0.6 is 15.9 Å². The molecule has 1 N–H and O–H groups in total. The smallest absolute Gasteiger partial charge is 0.393 e. The van der Waals surface area contributed by atoms with E-state index in [0.29, 0.717) is 41.4 Å². The van der Waals surface area contributed by atoms with Gasteiger partial charge in [-0.2, -0.15) is 13.2 Å². The van der Waals surface area contributed by atoms with Crippen LogP contribution in [0.25, 0.3) is 0 Å². The number of hydrogen-bond donors (Lipinski definition) is 1. The van der Waals surface area contributed by atoms with E-state index in [9.17, 15) is 26.7 Å². The maximum Gasteiger partial charge on any atom is 0.416 e. The Balaban J connectivity index is 2.02. The number of aliphatic hydroxyl groups is 1. The Morgan fingerprint density at radius 3 is 2.52 bits per heavy atom. The summed E-state index contributed by atoms with van der Waals surface area (Å²) >= 11 is 3.33. The van der Waals surface area contributed by atoms with Crippen LogP contribution in [0.15, 0.2) is 51.8 Å². The molecule has 5 nitrogen and oxygen atoms in total. The first-order chi connectivity index (χ1) is 13.5. The Kier molecular flexibility index (Phi) is 6.16. The van der Waals surface area contributed by atoms with E-state index < -0.39 is 32.8 Å². The third-order valence-electron chi connectivity index (χ3n) is 4.69. The zero-order valence-electron chi connectivity index (χ0n) is 15.5. The molecule has 10 heteroatoms. The van der Waals surface area contributed by atoms with Gasteiger partial charge < -0.3 is 10.0 Å². The maximum atomic E-state index is 13.2. The van der Waals surface area contributed by atoms with E-state index in [1.54, 1.807) is 25.1 Å². The predicted octanol–water partition coefficient (Wildman–Crippen LogP) is 4.25. The Morgan fingerprint density at radius 2 is 1.86 bits per heavy atom. The standard InChI is InChI=1S/C19H20BrF3N2O3S/c1-13(26)7-8-24-9-10-25(18-12-15(20)5-6-17(18)24)29(27,28)16-4-2-3-14(11-16)19(21,22)23/h2-6,11-13,26H,7-10H2,1H3. The van der Waals surface area contributed by atoms with Crippen LogP contribution < -0.4 is 9.21 Å². The van der Waals surface area contributed by atoms with Gasteiger partial charge in [-0.3, -0.25) is 4.31 Å². The van der Waals surface area contributed by atoms with Gasteiger partial charge in [0.25, 0.3) is 10.0 Å². The van der Waals surface area contributed by atoms with Gasteiger partial charge in [0, 0.05) is 17.6 Å². The molecule has 1 aliphatic heterocycles. The number of fused-ring (bicyclic) bond motifs is 1. The molecule has 0 spiro atoms. The summed E-state index contributed by atoms with van der Waals surface area (Å²) in [6.07, 6.45) is -4.62. The molecule has 1 unspecified atom stereocenters. The van der Waals surface area contributed by atoms with E-state index in [1.165, 1.54) is 6.07 Å².